The highest BCUT2D eigenvalue weighted by Crippen LogP contribution is 2.37. The number of pyridine rings is 2. The van der Waals surface area contributed by atoms with Crippen LogP contribution in [0.1, 0.15) is 29.2 Å². The summed E-state index contributed by atoms with van der Waals surface area (Å²) in [5.41, 5.74) is 2.47. The fourth-order valence-electron chi connectivity index (χ4n) is 3.57. The largest absolute Gasteiger partial charge is 0.477 e. The maximum atomic E-state index is 15.0. The molecule has 0 spiro atoms. The van der Waals surface area contributed by atoms with E-state index in [0.29, 0.717) is 0 Å². The Morgan fingerprint density at radius 1 is 1.50 bits per heavy atom. The summed E-state index contributed by atoms with van der Waals surface area (Å²) in [5.74, 6) is -2.41. The number of oxime groups is 1. The van der Waals surface area contributed by atoms with E-state index < -0.39 is 28.4 Å². The molecule has 0 bridgehead atoms. The lowest BCUT2D eigenvalue weighted by Gasteiger charge is -2.21. The van der Waals surface area contributed by atoms with Gasteiger partial charge >= 0.3 is 5.97 Å². The van der Waals surface area contributed by atoms with Gasteiger partial charge in [-0.15, -0.1) is 12.4 Å². The van der Waals surface area contributed by atoms with Crippen LogP contribution in [-0.4, -0.2) is 58.8 Å². The molecule has 1 aliphatic heterocycles. The third-order valence-corrected chi connectivity index (χ3v) is 5.23. The SMILES string of the molecule is CO/N=C1/CN(c2nc3c(cc2F)c(=O)c(C(=O)O)cn3C2CC2)CC1(F)CN.Cl. The topological polar surface area (TPSA) is 123 Å². The third-order valence-electron chi connectivity index (χ3n) is 5.23. The van der Waals surface area contributed by atoms with Crippen molar-refractivity contribution in [3.8, 4) is 0 Å². The van der Waals surface area contributed by atoms with Gasteiger partial charge in [0.2, 0.25) is 5.43 Å². The summed E-state index contributed by atoms with van der Waals surface area (Å²) in [6.45, 7) is -0.727. The van der Waals surface area contributed by atoms with Crippen molar-refractivity contribution in [3.05, 3.63) is 33.9 Å². The number of carbonyl (C=O) groups is 1. The predicted molar refractivity (Wildman–Crippen MR) is 108 cm³/mol. The number of nitrogens with zero attached hydrogens (tertiary/aromatic N) is 4. The van der Waals surface area contributed by atoms with E-state index in [2.05, 4.69) is 15.0 Å². The van der Waals surface area contributed by atoms with Gasteiger partial charge in [0, 0.05) is 18.8 Å². The van der Waals surface area contributed by atoms with Gasteiger partial charge in [0.15, 0.2) is 17.3 Å². The standard InChI is InChI=1S/C18H19F2N5O4.ClH/c1-29-23-13-6-24(8-18(13,20)7-21)16-12(19)4-10-14(26)11(17(27)28)5-25(9-2-3-9)15(10)22-16;/h4-5,9H,2-3,6-8,21H2,1H3,(H,27,28);1H/b23-13-;. The molecule has 4 rings (SSSR count). The molecular weight excluding hydrogens is 424 g/mol. The zero-order chi connectivity index (χ0) is 20.9. The summed E-state index contributed by atoms with van der Waals surface area (Å²) in [4.78, 5) is 34.2. The minimum absolute atomic E-state index is 0. The first kappa shape index (κ1) is 21.9. The maximum absolute atomic E-state index is 15.0. The van der Waals surface area contributed by atoms with Gasteiger partial charge in [-0.25, -0.2) is 18.6 Å². The number of alkyl halides is 1. The molecule has 30 heavy (non-hydrogen) atoms. The Morgan fingerprint density at radius 3 is 2.77 bits per heavy atom. The van der Waals surface area contributed by atoms with Gasteiger partial charge in [-0.3, -0.25) is 4.79 Å². The lowest BCUT2D eigenvalue weighted by molar-refractivity contribution is 0.0695. The summed E-state index contributed by atoms with van der Waals surface area (Å²) >= 11 is 0. The van der Waals surface area contributed by atoms with Crippen LogP contribution in [0.2, 0.25) is 0 Å². The Balaban J connectivity index is 0.00000256. The van der Waals surface area contributed by atoms with E-state index in [1.807, 2.05) is 0 Å². The molecule has 2 aromatic heterocycles. The Labute approximate surface area is 175 Å². The Hall–Kier alpha value is -2.79. The van der Waals surface area contributed by atoms with E-state index in [4.69, 9.17) is 5.73 Å². The van der Waals surface area contributed by atoms with Gasteiger partial charge in [-0.2, -0.15) is 0 Å². The summed E-state index contributed by atoms with van der Waals surface area (Å²) < 4.78 is 31.5. The number of aromatic carboxylic acids is 1. The highest BCUT2D eigenvalue weighted by atomic mass is 35.5. The number of aromatic nitrogens is 2. The maximum Gasteiger partial charge on any atom is 0.341 e. The number of rotatable bonds is 5. The minimum Gasteiger partial charge on any atom is -0.477 e. The lowest BCUT2D eigenvalue weighted by Crippen LogP contribution is -2.41. The van der Waals surface area contributed by atoms with Crippen LogP contribution in [0, 0.1) is 5.82 Å². The molecule has 12 heteroatoms. The van der Waals surface area contributed by atoms with Crippen molar-refractivity contribution in [2.24, 2.45) is 10.9 Å². The van der Waals surface area contributed by atoms with Crippen molar-refractivity contribution in [3.63, 3.8) is 0 Å². The molecule has 1 unspecified atom stereocenters. The molecule has 2 aromatic rings. The molecule has 162 valence electrons. The molecule has 0 aromatic carbocycles. The van der Waals surface area contributed by atoms with Crippen LogP contribution in [0.5, 0.6) is 0 Å². The van der Waals surface area contributed by atoms with Crippen LogP contribution in [-0.2, 0) is 4.84 Å². The number of hydrogen-bond donors (Lipinski definition) is 2. The Bertz CT molecular complexity index is 1100. The molecule has 9 nitrogen and oxygen atoms in total. The van der Waals surface area contributed by atoms with E-state index >= 15 is 4.39 Å². The number of anilines is 1. The molecule has 1 aliphatic carbocycles. The molecule has 3 N–H and O–H groups in total. The molecule has 0 radical (unpaired) electrons. The second-order valence-electron chi connectivity index (χ2n) is 7.23. The van der Waals surface area contributed by atoms with Gasteiger partial charge < -0.3 is 25.1 Å². The van der Waals surface area contributed by atoms with Gasteiger partial charge in [-0.05, 0) is 18.9 Å². The number of nitrogens with two attached hydrogens (primary N) is 1. The highest BCUT2D eigenvalue weighted by molar-refractivity contribution is 6.00. The van der Waals surface area contributed by atoms with Crippen molar-refractivity contribution < 1.29 is 23.5 Å². The summed E-state index contributed by atoms with van der Waals surface area (Å²) in [6.07, 6.45) is 2.82. The number of carboxylic acid groups (broad SMARTS) is 1. The molecule has 3 heterocycles. The molecule has 1 atom stereocenters. The molecule has 0 amide bonds. The van der Waals surface area contributed by atoms with E-state index in [9.17, 15) is 19.1 Å². The number of halogens is 3. The number of hydrogen-bond acceptors (Lipinski definition) is 7. The zero-order valence-electron chi connectivity index (χ0n) is 16.0. The second kappa shape index (κ2) is 7.80. The van der Waals surface area contributed by atoms with Crippen molar-refractivity contribution in [2.75, 3.05) is 31.6 Å². The average molecular weight is 444 g/mol. The van der Waals surface area contributed by atoms with Crippen molar-refractivity contribution in [2.45, 2.75) is 24.6 Å². The normalized spacial score (nSPS) is 22.4. The molecule has 1 saturated carbocycles. The highest BCUT2D eigenvalue weighted by Gasteiger charge is 2.45. The van der Waals surface area contributed by atoms with Crippen molar-refractivity contribution in [1.82, 2.24) is 9.55 Å². The number of carboxylic acids is 1. The first-order chi connectivity index (χ1) is 13.8. The molecular formula is C18H20ClF2N5O4. The quantitative estimate of drug-likeness (QED) is 0.671. The van der Waals surface area contributed by atoms with E-state index in [-0.39, 0.29) is 60.6 Å². The smallest absolute Gasteiger partial charge is 0.341 e. The first-order valence-corrected chi connectivity index (χ1v) is 9.02. The predicted octanol–water partition coefficient (Wildman–Crippen LogP) is 1.48. The van der Waals surface area contributed by atoms with E-state index in [1.165, 1.54) is 18.2 Å². The van der Waals surface area contributed by atoms with Gasteiger partial charge in [-0.1, -0.05) is 5.16 Å². The first-order valence-electron chi connectivity index (χ1n) is 9.02. The molecule has 2 fully saturated rings. The van der Waals surface area contributed by atoms with Crippen molar-refractivity contribution in [1.29, 1.82) is 0 Å². The van der Waals surface area contributed by atoms with Crippen LogP contribution in [0.3, 0.4) is 0 Å². The van der Waals surface area contributed by atoms with E-state index in [0.717, 1.165) is 18.9 Å². The van der Waals surface area contributed by atoms with Gasteiger partial charge in [0.05, 0.1) is 18.5 Å². The fourth-order valence-corrected chi connectivity index (χ4v) is 3.57. The average Bonchev–Trinajstić information content (AvgIpc) is 3.47. The second-order valence-corrected chi connectivity index (χ2v) is 7.23. The Kier molecular flexibility index (Phi) is 5.70. The van der Waals surface area contributed by atoms with Crippen molar-refractivity contribution >= 4 is 40.9 Å². The van der Waals surface area contributed by atoms with Crippen LogP contribution < -0.4 is 16.1 Å². The van der Waals surface area contributed by atoms with Gasteiger partial charge in [0.25, 0.3) is 0 Å². The summed E-state index contributed by atoms with van der Waals surface area (Å²) in [5, 5.41) is 12.8. The third kappa shape index (κ3) is 3.47. The van der Waals surface area contributed by atoms with Crippen LogP contribution >= 0.6 is 12.4 Å². The summed E-state index contributed by atoms with van der Waals surface area (Å²) in [6, 6.07) is 0.939. The number of fused-ring (bicyclic) bond motifs is 1. The monoisotopic (exact) mass is 443 g/mol. The zero-order valence-corrected chi connectivity index (χ0v) is 16.8. The van der Waals surface area contributed by atoms with Gasteiger partial charge in [0.1, 0.15) is 24.0 Å². The summed E-state index contributed by atoms with van der Waals surface area (Å²) in [7, 11) is 1.27. The van der Waals surface area contributed by atoms with Crippen LogP contribution in [0.4, 0.5) is 14.6 Å². The lowest BCUT2D eigenvalue weighted by atomic mass is 10.0. The minimum atomic E-state index is -2.00. The van der Waals surface area contributed by atoms with Crippen LogP contribution in [0.15, 0.2) is 22.2 Å². The van der Waals surface area contributed by atoms with Crippen LogP contribution in [0.25, 0.3) is 11.0 Å². The Morgan fingerprint density at radius 2 is 2.20 bits per heavy atom. The van der Waals surface area contributed by atoms with E-state index in [1.54, 1.807) is 4.57 Å². The fraction of sp³-hybridized carbons (Fsp3) is 0.444. The molecule has 1 saturated heterocycles. The molecule has 2 aliphatic rings.